The zero-order valence-corrected chi connectivity index (χ0v) is 9.17. The van der Waals surface area contributed by atoms with Gasteiger partial charge in [-0.3, -0.25) is 0 Å². The number of hydrogen-bond acceptors (Lipinski definition) is 1. The van der Waals surface area contributed by atoms with Crippen LogP contribution < -0.4 is 5.73 Å². The van der Waals surface area contributed by atoms with Crippen molar-refractivity contribution in [3.05, 3.63) is 35.0 Å². The number of aryl methyl sites for hydroxylation is 1. The molecule has 1 unspecified atom stereocenters. The Morgan fingerprint density at radius 1 is 1.33 bits per heavy atom. The average Bonchev–Trinajstić information content (AvgIpc) is 2.54. The maximum absolute atomic E-state index is 5.98. The Morgan fingerprint density at radius 3 is 3.07 bits per heavy atom. The molecule has 0 bridgehead atoms. The molecule has 1 atom stereocenters. The van der Waals surface area contributed by atoms with E-state index in [1.165, 1.54) is 16.6 Å². The van der Waals surface area contributed by atoms with Crippen molar-refractivity contribution in [2.24, 2.45) is 5.73 Å². The number of aromatic nitrogens is 1. The van der Waals surface area contributed by atoms with Gasteiger partial charge in [-0.25, -0.2) is 0 Å². The zero-order chi connectivity index (χ0) is 10.4. The van der Waals surface area contributed by atoms with Crippen molar-refractivity contribution in [3.8, 4) is 0 Å². The van der Waals surface area contributed by atoms with Gasteiger partial charge in [0, 0.05) is 34.2 Å². The fraction of sp³-hybridized carbons (Fsp3) is 0.333. The average molecular weight is 221 g/mol. The van der Waals surface area contributed by atoms with Crippen molar-refractivity contribution in [3.63, 3.8) is 0 Å². The summed E-state index contributed by atoms with van der Waals surface area (Å²) < 4.78 is 2.32. The smallest absolute Gasteiger partial charge is 0.0484 e. The Hall–Kier alpha value is -0.990. The van der Waals surface area contributed by atoms with Gasteiger partial charge in [-0.05, 0) is 37.1 Å². The van der Waals surface area contributed by atoms with Crippen LogP contribution in [0.3, 0.4) is 0 Å². The lowest BCUT2D eigenvalue weighted by Gasteiger charge is -2.21. The molecular formula is C12H13ClN2. The zero-order valence-electron chi connectivity index (χ0n) is 8.41. The molecule has 3 rings (SSSR count). The van der Waals surface area contributed by atoms with Gasteiger partial charge in [0.2, 0.25) is 0 Å². The van der Waals surface area contributed by atoms with Crippen LogP contribution in [0.25, 0.3) is 10.9 Å². The van der Waals surface area contributed by atoms with Gasteiger partial charge in [0.1, 0.15) is 0 Å². The molecule has 3 heteroatoms. The Bertz CT molecular complexity index is 516. The number of rotatable bonds is 0. The quantitative estimate of drug-likeness (QED) is 0.727. The predicted octanol–water partition coefficient (Wildman–Crippen LogP) is 2.57. The molecule has 0 amide bonds. The van der Waals surface area contributed by atoms with Crippen molar-refractivity contribution in [1.29, 1.82) is 0 Å². The minimum absolute atomic E-state index is 0.295. The normalized spacial score (nSPS) is 20.5. The van der Waals surface area contributed by atoms with Crippen molar-refractivity contribution in [2.75, 3.05) is 0 Å². The Balaban J connectivity index is 2.24. The van der Waals surface area contributed by atoms with Crippen LogP contribution in [-0.2, 0) is 13.0 Å². The molecule has 1 aromatic heterocycles. The molecule has 15 heavy (non-hydrogen) atoms. The Kier molecular flexibility index (Phi) is 2.01. The highest BCUT2D eigenvalue weighted by molar-refractivity contribution is 6.31. The highest BCUT2D eigenvalue weighted by Gasteiger charge is 2.17. The van der Waals surface area contributed by atoms with Crippen LogP contribution in [0.4, 0.5) is 0 Å². The van der Waals surface area contributed by atoms with E-state index in [0.29, 0.717) is 6.04 Å². The van der Waals surface area contributed by atoms with E-state index in [2.05, 4.69) is 16.7 Å². The predicted molar refractivity (Wildman–Crippen MR) is 63.2 cm³/mol. The molecule has 0 saturated heterocycles. The van der Waals surface area contributed by atoms with Crippen LogP contribution in [0.15, 0.2) is 24.3 Å². The van der Waals surface area contributed by atoms with E-state index >= 15 is 0 Å². The lowest BCUT2D eigenvalue weighted by molar-refractivity contribution is 0.470. The monoisotopic (exact) mass is 220 g/mol. The van der Waals surface area contributed by atoms with Crippen molar-refractivity contribution >= 4 is 22.5 Å². The summed E-state index contributed by atoms with van der Waals surface area (Å²) in [7, 11) is 0. The molecule has 2 N–H and O–H groups in total. The summed E-state index contributed by atoms with van der Waals surface area (Å²) in [6.07, 6.45) is 2.16. The van der Waals surface area contributed by atoms with E-state index < -0.39 is 0 Å². The topological polar surface area (TPSA) is 30.9 Å². The van der Waals surface area contributed by atoms with E-state index in [1.54, 1.807) is 0 Å². The molecule has 0 fully saturated rings. The van der Waals surface area contributed by atoms with Gasteiger partial charge in [-0.1, -0.05) is 11.6 Å². The number of hydrogen-bond donors (Lipinski definition) is 1. The summed E-state index contributed by atoms with van der Waals surface area (Å²) in [6.45, 7) is 0.931. The number of fused-ring (bicyclic) bond motifs is 3. The molecule has 0 radical (unpaired) electrons. The van der Waals surface area contributed by atoms with E-state index in [-0.39, 0.29) is 0 Å². The highest BCUT2D eigenvalue weighted by Crippen LogP contribution is 2.27. The minimum Gasteiger partial charge on any atom is -0.343 e. The van der Waals surface area contributed by atoms with Gasteiger partial charge in [-0.2, -0.15) is 0 Å². The number of nitrogens with two attached hydrogens (primary N) is 1. The standard InChI is InChI=1S/C12H13ClN2/c13-9-1-4-12-8(5-9)6-11-3-2-10(14)7-15(11)12/h1,4-6,10H,2-3,7,14H2. The third-order valence-electron chi connectivity index (χ3n) is 3.14. The number of benzene rings is 1. The van der Waals surface area contributed by atoms with Crippen molar-refractivity contribution in [2.45, 2.75) is 25.4 Å². The van der Waals surface area contributed by atoms with Crippen LogP contribution in [-0.4, -0.2) is 10.6 Å². The van der Waals surface area contributed by atoms with Crippen LogP contribution in [0.2, 0.25) is 5.02 Å². The van der Waals surface area contributed by atoms with E-state index in [1.807, 2.05) is 12.1 Å². The van der Waals surface area contributed by atoms with E-state index in [9.17, 15) is 0 Å². The fourth-order valence-electron chi connectivity index (χ4n) is 2.38. The molecule has 2 nitrogen and oxygen atoms in total. The molecule has 2 aromatic rings. The molecule has 0 saturated carbocycles. The third kappa shape index (κ3) is 1.45. The largest absolute Gasteiger partial charge is 0.343 e. The molecule has 0 aliphatic carbocycles. The van der Waals surface area contributed by atoms with Crippen LogP contribution in [0.5, 0.6) is 0 Å². The maximum atomic E-state index is 5.98. The second-order valence-electron chi connectivity index (χ2n) is 4.25. The van der Waals surface area contributed by atoms with Crippen molar-refractivity contribution in [1.82, 2.24) is 4.57 Å². The summed E-state index contributed by atoms with van der Waals surface area (Å²) >= 11 is 5.98. The summed E-state index contributed by atoms with van der Waals surface area (Å²) in [5.41, 5.74) is 8.62. The summed E-state index contributed by atoms with van der Waals surface area (Å²) in [6, 6.07) is 8.57. The molecular weight excluding hydrogens is 208 g/mol. The minimum atomic E-state index is 0.295. The van der Waals surface area contributed by atoms with Crippen LogP contribution in [0.1, 0.15) is 12.1 Å². The van der Waals surface area contributed by atoms with Gasteiger partial charge >= 0.3 is 0 Å². The molecule has 1 aliphatic rings. The lowest BCUT2D eigenvalue weighted by Crippen LogP contribution is -2.31. The molecule has 1 aliphatic heterocycles. The van der Waals surface area contributed by atoms with Crippen LogP contribution >= 0.6 is 11.6 Å². The van der Waals surface area contributed by atoms with Gasteiger partial charge in [0.15, 0.2) is 0 Å². The SMILES string of the molecule is NC1CCc2cc3cc(Cl)ccc3n2C1. The third-order valence-corrected chi connectivity index (χ3v) is 3.37. The molecule has 1 aromatic carbocycles. The summed E-state index contributed by atoms with van der Waals surface area (Å²) in [5.74, 6) is 0. The summed E-state index contributed by atoms with van der Waals surface area (Å²) in [4.78, 5) is 0. The number of nitrogens with zero attached hydrogens (tertiary/aromatic N) is 1. The Morgan fingerprint density at radius 2 is 2.20 bits per heavy atom. The summed E-state index contributed by atoms with van der Waals surface area (Å²) in [5, 5.41) is 2.03. The van der Waals surface area contributed by atoms with Crippen molar-refractivity contribution < 1.29 is 0 Å². The molecule has 2 heterocycles. The van der Waals surface area contributed by atoms with Gasteiger partial charge in [-0.15, -0.1) is 0 Å². The molecule has 78 valence electrons. The lowest BCUT2D eigenvalue weighted by atomic mass is 10.1. The van der Waals surface area contributed by atoms with E-state index in [4.69, 9.17) is 17.3 Å². The fourth-order valence-corrected chi connectivity index (χ4v) is 2.56. The first-order valence-corrected chi connectivity index (χ1v) is 5.65. The Labute approximate surface area is 93.6 Å². The second-order valence-corrected chi connectivity index (χ2v) is 4.68. The highest BCUT2D eigenvalue weighted by atomic mass is 35.5. The first kappa shape index (κ1) is 9.25. The van der Waals surface area contributed by atoms with Gasteiger partial charge in [0.05, 0.1) is 0 Å². The maximum Gasteiger partial charge on any atom is 0.0484 e. The van der Waals surface area contributed by atoms with Gasteiger partial charge < -0.3 is 10.3 Å². The molecule has 0 spiro atoms. The number of halogens is 1. The first-order valence-electron chi connectivity index (χ1n) is 5.27. The van der Waals surface area contributed by atoms with Gasteiger partial charge in [0.25, 0.3) is 0 Å². The van der Waals surface area contributed by atoms with E-state index in [0.717, 1.165) is 24.4 Å². The second kappa shape index (κ2) is 3.26. The van der Waals surface area contributed by atoms with Crippen LogP contribution in [0, 0.1) is 0 Å². The first-order chi connectivity index (χ1) is 7.24.